The number of nitrogens with one attached hydrogen (secondary N) is 1. The molecule has 5 nitrogen and oxygen atoms in total. The van der Waals surface area contributed by atoms with Crippen LogP contribution in [0.15, 0.2) is 47.8 Å². The Morgan fingerprint density at radius 3 is 3.03 bits per heavy atom. The third-order valence-electron chi connectivity index (χ3n) is 5.20. The predicted molar refractivity (Wildman–Crippen MR) is 120 cm³/mol. The number of benzene rings is 2. The molecule has 1 aliphatic heterocycles. The first-order valence-electron chi connectivity index (χ1n) is 9.67. The zero-order valence-corrected chi connectivity index (χ0v) is 17.7. The number of likely N-dealkylation sites (tertiary alicyclic amines) is 1. The summed E-state index contributed by atoms with van der Waals surface area (Å²) in [5, 5.41) is 7.62. The monoisotopic (exact) mass is 423 g/mol. The van der Waals surface area contributed by atoms with Crippen LogP contribution in [0, 0.1) is 6.92 Å². The molecule has 1 amide bonds. The maximum atomic E-state index is 12.7. The Morgan fingerprint density at radius 1 is 1.31 bits per heavy atom. The molecule has 0 bridgehead atoms. The Kier molecular flexibility index (Phi) is 4.85. The number of fused-ring (bicyclic) bond motifs is 3. The van der Waals surface area contributed by atoms with Crippen LogP contribution in [-0.2, 0) is 4.79 Å². The van der Waals surface area contributed by atoms with Gasteiger partial charge >= 0.3 is 0 Å². The second-order valence-electron chi connectivity index (χ2n) is 7.24. The third kappa shape index (κ3) is 3.68. The van der Waals surface area contributed by atoms with E-state index in [1.54, 1.807) is 22.7 Å². The lowest BCUT2D eigenvalue weighted by atomic mass is 10.2. The maximum absolute atomic E-state index is 12.7. The smallest absolute Gasteiger partial charge is 0.260 e. The first kappa shape index (κ1) is 18.4. The molecule has 7 heteroatoms. The highest BCUT2D eigenvalue weighted by atomic mass is 32.1. The van der Waals surface area contributed by atoms with Gasteiger partial charge in [-0.15, -0.1) is 22.7 Å². The predicted octanol–water partition coefficient (Wildman–Crippen LogP) is 4.91. The molecule has 5 rings (SSSR count). The first-order chi connectivity index (χ1) is 14.2. The molecule has 148 valence electrons. The molecular formula is C22H21N3O2S2. The topological polar surface area (TPSA) is 54.5 Å². The fraction of sp³-hybridized carbons (Fsp3) is 0.273. The van der Waals surface area contributed by atoms with Crippen LogP contribution in [0.25, 0.3) is 20.3 Å². The zero-order valence-electron chi connectivity index (χ0n) is 16.1. The van der Waals surface area contributed by atoms with Crippen molar-refractivity contribution in [3.8, 4) is 5.75 Å². The van der Waals surface area contributed by atoms with Gasteiger partial charge in [-0.1, -0.05) is 18.2 Å². The molecule has 0 aliphatic carbocycles. The van der Waals surface area contributed by atoms with Crippen LogP contribution in [0.3, 0.4) is 0 Å². The molecule has 3 heterocycles. The number of nitrogens with zero attached hydrogens (tertiary/aromatic N) is 2. The largest absolute Gasteiger partial charge is 0.483 e. The van der Waals surface area contributed by atoms with Crippen LogP contribution in [0.2, 0.25) is 0 Å². The molecule has 4 aromatic rings. The van der Waals surface area contributed by atoms with E-state index in [4.69, 9.17) is 4.74 Å². The Hall–Kier alpha value is -2.64. The van der Waals surface area contributed by atoms with Crippen molar-refractivity contribution in [2.24, 2.45) is 0 Å². The number of anilines is 1. The van der Waals surface area contributed by atoms with Gasteiger partial charge in [-0.05, 0) is 36.9 Å². The van der Waals surface area contributed by atoms with Gasteiger partial charge in [-0.3, -0.25) is 4.79 Å². The minimum Gasteiger partial charge on any atom is -0.483 e. The molecule has 1 atom stereocenters. The SMILES string of the molecule is Cc1nc2c(cc(OCC(=O)N3CCC(Nc4ccccc4)C3)c3ccsc32)s1. The van der Waals surface area contributed by atoms with Gasteiger partial charge in [-0.2, -0.15) is 0 Å². The average Bonchev–Trinajstić information content (AvgIpc) is 3.45. The van der Waals surface area contributed by atoms with Gasteiger partial charge in [0.25, 0.3) is 5.91 Å². The van der Waals surface area contributed by atoms with Gasteiger partial charge in [0.2, 0.25) is 0 Å². The van der Waals surface area contributed by atoms with Crippen LogP contribution in [-0.4, -0.2) is 41.5 Å². The highest BCUT2D eigenvalue weighted by molar-refractivity contribution is 7.21. The molecule has 1 unspecified atom stereocenters. The fourth-order valence-electron chi connectivity index (χ4n) is 3.81. The minimum atomic E-state index is 0.0336. The number of carbonyl (C=O) groups is 1. The second-order valence-corrected chi connectivity index (χ2v) is 9.39. The minimum absolute atomic E-state index is 0.0336. The van der Waals surface area contributed by atoms with Gasteiger partial charge in [0.05, 0.1) is 19.9 Å². The van der Waals surface area contributed by atoms with E-state index in [2.05, 4.69) is 22.4 Å². The van der Waals surface area contributed by atoms with E-state index >= 15 is 0 Å². The molecule has 0 saturated carbocycles. The number of thiophene rings is 1. The van der Waals surface area contributed by atoms with Crippen LogP contribution in [0.4, 0.5) is 5.69 Å². The molecular weight excluding hydrogens is 402 g/mol. The summed E-state index contributed by atoms with van der Waals surface area (Å²) in [6, 6.07) is 14.5. The summed E-state index contributed by atoms with van der Waals surface area (Å²) in [5.41, 5.74) is 2.13. The van der Waals surface area contributed by atoms with Gasteiger partial charge < -0.3 is 15.0 Å². The van der Waals surface area contributed by atoms with E-state index in [-0.39, 0.29) is 18.6 Å². The molecule has 29 heavy (non-hydrogen) atoms. The molecule has 1 N–H and O–H groups in total. The number of hydrogen-bond acceptors (Lipinski definition) is 6. The molecule has 1 saturated heterocycles. The van der Waals surface area contributed by atoms with E-state index in [1.807, 2.05) is 47.5 Å². The number of aromatic nitrogens is 1. The molecule has 0 radical (unpaired) electrons. The van der Waals surface area contributed by atoms with Crippen molar-refractivity contribution in [3.05, 3.63) is 52.9 Å². The van der Waals surface area contributed by atoms with E-state index in [1.165, 1.54) is 0 Å². The summed E-state index contributed by atoms with van der Waals surface area (Å²) in [6.07, 6.45) is 0.946. The van der Waals surface area contributed by atoms with Gasteiger partial charge in [0.15, 0.2) is 6.61 Å². The number of hydrogen-bond donors (Lipinski definition) is 1. The standard InChI is InChI=1S/C22H21N3O2S2/c1-14-23-21-19(29-14)11-18(17-8-10-28-22(17)21)27-13-20(26)25-9-7-16(12-25)24-15-5-3-2-4-6-15/h2-6,8,10-11,16,24H,7,9,12-13H2,1H3. The molecule has 0 spiro atoms. The number of ether oxygens (including phenoxy) is 1. The van der Waals surface area contributed by atoms with Crippen molar-refractivity contribution >= 4 is 54.6 Å². The number of para-hydroxylation sites is 1. The average molecular weight is 424 g/mol. The van der Waals surface area contributed by atoms with Crippen LogP contribution in [0.1, 0.15) is 11.4 Å². The highest BCUT2D eigenvalue weighted by Gasteiger charge is 2.26. The number of thiazole rings is 1. The highest BCUT2D eigenvalue weighted by Crippen LogP contribution is 2.38. The first-order valence-corrected chi connectivity index (χ1v) is 11.4. The fourth-order valence-corrected chi connectivity index (χ4v) is 5.64. The zero-order chi connectivity index (χ0) is 19.8. The lowest BCUT2D eigenvalue weighted by Crippen LogP contribution is -2.35. The maximum Gasteiger partial charge on any atom is 0.260 e. The van der Waals surface area contributed by atoms with Crippen LogP contribution >= 0.6 is 22.7 Å². The molecule has 2 aromatic heterocycles. The van der Waals surface area contributed by atoms with E-state index in [0.717, 1.165) is 49.7 Å². The molecule has 1 aliphatic rings. The van der Waals surface area contributed by atoms with Crippen molar-refractivity contribution in [2.45, 2.75) is 19.4 Å². The second kappa shape index (κ2) is 7.65. The van der Waals surface area contributed by atoms with E-state index in [0.29, 0.717) is 6.54 Å². The molecule has 1 fully saturated rings. The summed E-state index contributed by atoms with van der Waals surface area (Å²) in [4.78, 5) is 19.3. The van der Waals surface area contributed by atoms with Crippen molar-refractivity contribution in [2.75, 3.05) is 25.0 Å². The van der Waals surface area contributed by atoms with Crippen molar-refractivity contribution < 1.29 is 9.53 Å². The lowest BCUT2D eigenvalue weighted by Gasteiger charge is -2.18. The van der Waals surface area contributed by atoms with Gasteiger partial charge in [0, 0.05) is 36.3 Å². The lowest BCUT2D eigenvalue weighted by molar-refractivity contribution is -0.132. The summed E-state index contributed by atoms with van der Waals surface area (Å²) in [7, 11) is 0. The van der Waals surface area contributed by atoms with Crippen molar-refractivity contribution in [1.29, 1.82) is 0 Å². The third-order valence-corrected chi connectivity index (χ3v) is 7.04. The number of carbonyl (C=O) groups excluding carboxylic acids is 1. The number of aryl methyl sites for hydroxylation is 1. The number of amides is 1. The summed E-state index contributed by atoms with van der Waals surface area (Å²) >= 11 is 3.32. The summed E-state index contributed by atoms with van der Waals surface area (Å²) < 4.78 is 8.23. The van der Waals surface area contributed by atoms with E-state index in [9.17, 15) is 4.79 Å². The van der Waals surface area contributed by atoms with Gasteiger partial charge in [0.1, 0.15) is 5.75 Å². The van der Waals surface area contributed by atoms with Crippen molar-refractivity contribution in [3.63, 3.8) is 0 Å². The Balaban J connectivity index is 1.25. The van der Waals surface area contributed by atoms with Crippen LogP contribution < -0.4 is 10.1 Å². The number of rotatable bonds is 5. The van der Waals surface area contributed by atoms with E-state index < -0.39 is 0 Å². The van der Waals surface area contributed by atoms with Crippen LogP contribution in [0.5, 0.6) is 5.75 Å². The Bertz CT molecular complexity index is 1170. The van der Waals surface area contributed by atoms with Gasteiger partial charge in [-0.25, -0.2) is 4.98 Å². The Labute approximate surface area is 176 Å². The Morgan fingerprint density at radius 2 is 2.17 bits per heavy atom. The summed E-state index contributed by atoms with van der Waals surface area (Å²) in [6.45, 7) is 3.54. The molecule has 2 aromatic carbocycles. The quantitative estimate of drug-likeness (QED) is 0.495. The summed E-state index contributed by atoms with van der Waals surface area (Å²) in [5.74, 6) is 0.801. The van der Waals surface area contributed by atoms with Crippen molar-refractivity contribution in [1.82, 2.24) is 9.88 Å². The normalized spacial score (nSPS) is 16.6.